The molecule has 0 unspecified atom stereocenters. The number of rotatable bonds is 2. The number of pyridine rings is 1. The smallest absolute Gasteiger partial charge is 0.280 e. The SMILES string of the molecule is N#Cc1ccc(CO)c(C(F)F)n1. The van der Waals surface area contributed by atoms with E-state index in [0.29, 0.717) is 0 Å². The van der Waals surface area contributed by atoms with Gasteiger partial charge in [-0.15, -0.1) is 0 Å². The molecule has 0 saturated carbocycles. The summed E-state index contributed by atoms with van der Waals surface area (Å²) in [5.41, 5.74) is -0.553. The summed E-state index contributed by atoms with van der Waals surface area (Å²) in [6.07, 6.45) is -2.77. The summed E-state index contributed by atoms with van der Waals surface area (Å²) < 4.78 is 24.5. The van der Waals surface area contributed by atoms with Crippen LogP contribution in [0.3, 0.4) is 0 Å². The van der Waals surface area contributed by atoms with Crippen molar-refractivity contribution in [2.75, 3.05) is 0 Å². The third-order valence-electron chi connectivity index (χ3n) is 1.50. The molecule has 0 aliphatic rings. The number of nitriles is 1. The number of halogens is 2. The van der Waals surface area contributed by atoms with Crippen LogP contribution in [0.2, 0.25) is 0 Å². The lowest BCUT2D eigenvalue weighted by molar-refractivity contribution is 0.141. The van der Waals surface area contributed by atoms with E-state index in [-0.39, 0.29) is 11.3 Å². The van der Waals surface area contributed by atoms with E-state index in [9.17, 15) is 8.78 Å². The van der Waals surface area contributed by atoms with Crippen LogP contribution in [0.15, 0.2) is 12.1 Å². The van der Waals surface area contributed by atoms with E-state index in [0.717, 1.165) is 0 Å². The molecule has 5 heteroatoms. The van der Waals surface area contributed by atoms with Crippen LogP contribution in [0, 0.1) is 11.3 Å². The van der Waals surface area contributed by atoms with Crippen molar-refractivity contribution in [3.05, 3.63) is 29.1 Å². The summed E-state index contributed by atoms with van der Waals surface area (Å²) in [6.45, 7) is -0.502. The standard InChI is InChI=1S/C8H6F2N2O/c9-8(10)7-5(4-13)1-2-6(3-11)12-7/h1-2,8,13H,4H2. The Labute approximate surface area is 73.3 Å². The topological polar surface area (TPSA) is 56.9 Å². The van der Waals surface area contributed by atoms with E-state index >= 15 is 0 Å². The van der Waals surface area contributed by atoms with Crippen molar-refractivity contribution in [1.82, 2.24) is 4.98 Å². The van der Waals surface area contributed by atoms with Gasteiger partial charge in [-0.1, -0.05) is 6.07 Å². The van der Waals surface area contributed by atoms with E-state index < -0.39 is 18.7 Å². The molecule has 3 nitrogen and oxygen atoms in total. The summed E-state index contributed by atoms with van der Waals surface area (Å²) in [5.74, 6) is 0. The lowest BCUT2D eigenvalue weighted by atomic mass is 10.2. The number of alkyl halides is 2. The molecule has 1 N–H and O–H groups in total. The quantitative estimate of drug-likeness (QED) is 0.755. The van der Waals surface area contributed by atoms with Gasteiger partial charge in [0.1, 0.15) is 17.5 Å². The highest BCUT2D eigenvalue weighted by molar-refractivity contribution is 5.29. The monoisotopic (exact) mass is 184 g/mol. The summed E-state index contributed by atoms with van der Waals surface area (Å²) in [5, 5.41) is 17.1. The lowest BCUT2D eigenvalue weighted by Gasteiger charge is -2.04. The average Bonchev–Trinajstić information content (AvgIpc) is 2.16. The first-order valence-corrected chi connectivity index (χ1v) is 3.48. The maximum Gasteiger partial charge on any atom is 0.280 e. The Bertz CT molecular complexity index is 346. The first kappa shape index (κ1) is 9.55. The van der Waals surface area contributed by atoms with Crippen LogP contribution in [-0.2, 0) is 6.61 Å². The fourth-order valence-electron chi connectivity index (χ4n) is 0.889. The third kappa shape index (κ3) is 1.98. The zero-order chi connectivity index (χ0) is 9.84. The van der Waals surface area contributed by atoms with Crippen molar-refractivity contribution in [2.45, 2.75) is 13.0 Å². The second-order valence-electron chi connectivity index (χ2n) is 2.31. The summed E-state index contributed by atoms with van der Waals surface area (Å²) >= 11 is 0. The molecule has 0 fully saturated rings. The highest BCUT2D eigenvalue weighted by Gasteiger charge is 2.14. The molecule has 0 radical (unpaired) electrons. The summed E-state index contributed by atoms with van der Waals surface area (Å²) in [4.78, 5) is 3.39. The number of nitrogens with zero attached hydrogens (tertiary/aromatic N) is 2. The summed E-state index contributed by atoms with van der Waals surface area (Å²) in [6, 6.07) is 4.21. The van der Waals surface area contributed by atoms with E-state index in [4.69, 9.17) is 10.4 Å². The molecule has 13 heavy (non-hydrogen) atoms. The van der Waals surface area contributed by atoms with Crippen molar-refractivity contribution in [2.24, 2.45) is 0 Å². The molecule has 1 aromatic heterocycles. The zero-order valence-electron chi connectivity index (χ0n) is 6.54. The molecule has 0 atom stereocenters. The summed E-state index contributed by atoms with van der Waals surface area (Å²) in [7, 11) is 0. The fourth-order valence-corrected chi connectivity index (χ4v) is 0.889. The highest BCUT2D eigenvalue weighted by atomic mass is 19.3. The fraction of sp³-hybridized carbons (Fsp3) is 0.250. The molecule has 0 amide bonds. The van der Waals surface area contributed by atoms with Crippen molar-refractivity contribution in [1.29, 1.82) is 5.26 Å². The van der Waals surface area contributed by atoms with Gasteiger partial charge in [-0.05, 0) is 6.07 Å². The van der Waals surface area contributed by atoms with Gasteiger partial charge in [0.2, 0.25) is 0 Å². The van der Waals surface area contributed by atoms with Crippen LogP contribution in [0.4, 0.5) is 8.78 Å². The number of hydrogen-bond donors (Lipinski definition) is 1. The van der Waals surface area contributed by atoms with Gasteiger partial charge < -0.3 is 5.11 Å². The van der Waals surface area contributed by atoms with Gasteiger partial charge in [0.25, 0.3) is 6.43 Å². The number of hydrogen-bond acceptors (Lipinski definition) is 3. The van der Waals surface area contributed by atoms with Gasteiger partial charge >= 0.3 is 0 Å². The van der Waals surface area contributed by atoms with E-state index in [2.05, 4.69) is 4.98 Å². The molecule has 1 heterocycles. The van der Waals surface area contributed by atoms with Crippen molar-refractivity contribution < 1.29 is 13.9 Å². The first-order valence-electron chi connectivity index (χ1n) is 3.48. The maximum atomic E-state index is 12.2. The number of aromatic nitrogens is 1. The van der Waals surface area contributed by atoms with Gasteiger partial charge in [0, 0.05) is 5.56 Å². The van der Waals surface area contributed by atoms with E-state index in [1.807, 2.05) is 0 Å². The molecule has 0 aromatic carbocycles. The molecule has 1 rings (SSSR count). The Kier molecular flexibility index (Phi) is 2.88. The maximum absolute atomic E-state index is 12.2. The number of aliphatic hydroxyl groups excluding tert-OH is 1. The van der Waals surface area contributed by atoms with Gasteiger partial charge in [-0.2, -0.15) is 5.26 Å². The molecule has 0 saturated heterocycles. The largest absolute Gasteiger partial charge is 0.392 e. The van der Waals surface area contributed by atoms with Gasteiger partial charge in [0.05, 0.1) is 6.61 Å². The van der Waals surface area contributed by atoms with Gasteiger partial charge in [0.15, 0.2) is 0 Å². The first-order chi connectivity index (χ1) is 6.19. The molecule has 68 valence electrons. The minimum Gasteiger partial charge on any atom is -0.392 e. The van der Waals surface area contributed by atoms with E-state index in [1.165, 1.54) is 12.1 Å². The molecule has 0 bridgehead atoms. The Morgan fingerprint density at radius 3 is 2.69 bits per heavy atom. The Morgan fingerprint density at radius 2 is 2.23 bits per heavy atom. The molecular formula is C8H6F2N2O. The average molecular weight is 184 g/mol. The third-order valence-corrected chi connectivity index (χ3v) is 1.50. The van der Waals surface area contributed by atoms with Crippen LogP contribution in [0.25, 0.3) is 0 Å². The molecule has 0 aliphatic heterocycles. The second kappa shape index (κ2) is 3.92. The number of aliphatic hydroxyl groups is 1. The van der Waals surface area contributed by atoms with Crippen LogP contribution in [0.1, 0.15) is 23.4 Å². The Morgan fingerprint density at radius 1 is 1.54 bits per heavy atom. The van der Waals surface area contributed by atoms with Crippen LogP contribution < -0.4 is 0 Å². The van der Waals surface area contributed by atoms with Crippen LogP contribution >= 0.6 is 0 Å². The lowest BCUT2D eigenvalue weighted by Crippen LogP contribution is -2.00. The molecular weight excluding hydrogens is 178 g/mol. The van der Waals surface area contributed by atoms with Crippen LogP contribution in [0.5, 0.6) is 0 Å². The predicted molar refractivity (Wildman–Crippen MR) is 39.8 cm³/mol. The highest BCUT2D eigenvalue weighted by Crippen LogP contribution is 2.20. The zero-order valence-corrected chi connectivity index (χ0v) is 6.54. The van der Waals surface area contributed by atoms with Crippen molar-refractivity contribution in [3.8, 4) is 6.07 Å². The van der Waals surface area contributed by atoms with Crippen molar-refractivity contribution >= 4 is 0 Å². The minimum atomic E-state index is -2.77. The Hall–Kier alpha value is -1.54. The Balaban J connectivity index is 3.20. The van der Waals surface area contributed by atoms with Crippen LogP contribution in [-0.4, -0.2) is 10.1 Å². The van der Waals surface area contributed by atoms with E-state index in [1.54, 1.807) is 6.07 Å². The normalized spacial score (nSPS) is 10.1. The molecule has 0 aliphatic carbocycles. The molecule has 0 spiro atoms. The minimum absolute atomic E-state index is 0.0500. The van der Waals surface area contributed by atoms with Gasteiger partial charge in [-0.3, -0.25) is 0 Å². The molecule has 1 aromatic rings. The predicted octanol–water partition coefficient (Wildman–Crippen LogP) is 1.38. The second-order valence-corrected chi connectivity index (χ2v) is 2.31. The van der Waals surface area contributed by atoms with Crippen molar-refractivity contribution in [3.63, 3.8) is 0 Å². The van der Waals surface area contributed by atoms with Gasteiger partial charge in [-0.25, -0.2) is 13.8 Å².